The average Bonchev–Trinajstić information content (AvgIpc) is 2.39. The van der Waals surface area contributed by atoms with Crippen molar-refractivity contribution in [2.75, 3.05) is 12.4 Å². The molecule has 0 aliphatic carbocycles. The molecule has 0 unspecified atom stereocenters. The first kappa shape index (κ1) is 13.1. The summed E-state index contributed by atoms with van der Waals surface area (Å²) in [6.45, 7) is 2.06. The van der Waals surface area contributed by atoms with Crippen molar-refractivity contribution < 1.29 is 4.74 Å². The maximum atomic E-state index is 11.5. The Hall–Kier alpha value is -2.30. The number of nitrogens with zero attached hydrogens (tertiary/aromatic N) is 1. The van der Waals surface area contributed by atoms with Gasteiger partial charge >= 0.3 is 0 Å². The van der Waals surface area contributed by atoms with Crippen molar-refractivity contribution in [3.8, 4) is 5.75 Å². The number of benzene rings is 1. The molecule has 0 saturated heterocycles. The molecule has 0 atom stereocenters. The van der Waals surface area contributed by atoms with Crippen molar-refractivity contribution >= 4 is 11.6 Å². The highest BCUT2D eigenvalue weighted by atomic mass is 16.5. The predicted molar refractivity (Wildman–Crippen MR) is 75.1 cm³/mol. The van der Waals surface area contributed by atoms with Gasteiger partial charge in [-0.25, -0.2) is 4.98 Å². The second kappa shape index (κ2) is 6.04. The molecule has 5 nitrogen and oxygen atoms in total. The molecular weight excluding hydrogens is 242 g/mol. The van der Waals surface area contributed by atoms with Crippen molar-refractivity contribution in [3.05, 3.63) is 46.4 Å². The SMILES string of the molecule is CCCc1cc(=O)[nH]c(Nc2ccc(OC)cc2)n1. The fourth-order valence-electron chi connectivity index (χ4n) is 1.76. The van der Waals surface area contributed by atoms with Crippen LogP contribution in [-0.4, -0.2) is 17.1 Å². The van der Waals surface area contributed by atoms with E-state index in [9.17, 15) is 4.79 Å². The van der Waals surface area contributed by atoms with Crippen LogP contribution in [0.15, 0.2) is 35.1 Å². The molecule has 2 aromatic rings. The number of aryl methyl sites for hydroxylation is 1. The van der Waals surface area contributed by atoms with Gasteiger partial charge in [0.05, 0.1) is 7.11 Å². The first-order valence-corrected chi connectivity index (χ1v) is 6.22. The summed E-state index contributed by atoms with van der Waals surface area (Å²) in [7, 11) is 1.62. The fraction of sp³-hybridized carbons (Fsp3) is 0.286. The number of H-pyrrole nitrogens is 1. The number of aromatic nitrogens is 2. The third kappa shape index (κ3) is 3.58. The Bertz CT molecular complexity index is 590. The topological polar surface area (TPSA) is 67.0 Å². The van der Waals surface area contributed by atoms with Crippen molar-refractivity contribution in [3.63, 3.8) is 0 Å². The lowest BCUT2D eigenvalue weighted by Crippen LogP contribution is -2.12. The maximum absolute atomic E-state index is 11.5. The number of rotatable bonds is 5. The van der Waals surface area contributed by atoms with Gasteiger partial charge in [0.15, 0.2) is 0 Å². The van der Waals surface area contributed by atoms with E-state index in [0.717, 1.165) is 30.0 Å². The van der Waals surface area contributed by atoms with Crippen LogP contribution >= 0.6 is 0 Å². The molecule has 100 valence electrons. The van der Waals surface area contributed by atoms with E-state index in [1.165, 1.54) is 6.07 Å². The largest absolute Gasteiger partial charge is 0.497 e. The summed E-state index contributed by atoms with van der Waals surface area (Å²) in [6, 6.07) is 8.95. The molecule has 1 aromatic heterocycles. The highest BCUT2D eigenvalue weighted by Gasteiger charge is 2.01. The van der Waals surface area contributed by atoms with E-state index in [1.54, 1.807) is 7.11 Å². The third-order valence-electron chi connectivity index (χ3n) is 2.65. The normalized spacial score (nSPS) is 10.2. The van der Waals surface area contributed by atoms with Crippen molar-refractivity contribution in [2.24, 2.45) is 0 Å². The second-order valence-corrected chi connectivity index (χ2v) is 4.19. The molecular formula is C14H17N3O2. The molecule has 0 aliphatic heterocycles. The van der Waals surface area contributed by atoms with Crippen LogP contribution in [0.5, 0.6) is 5.75 Å². The number of ether oxygens (including phenoxy) is 1. The minimum Gasteiger partial charge on any atom is -0.497 e. The van der Waals surface area contributed by atoms with Crippen molar-refractivity contribution in [2.45, 2.75) is 19.8 Å². The molecule has 0 bridgehead atoms. The smallest absolute Gasteiger partial charge is 0.252 e. The first-order valence-electron chi connectivity index (χ1n) is 6.22. The molecule has 1 heterocycles. The molecule has 19 heavy (non-hydrogen) atoms. The number of methoxy groups -OCH3 is 1. The molecule has 1 aromatic carbocycles. The zero-order chi connectivity index (χ0) is 13.7. The van der Waals surface area contributed by atoms with E-state index in [0.29, 0.717) is 5.95 Å². The Balaban J connectivity index is 2.19. The minimum atomic E-state index is -0.144. The number of nitrogens with one attached hydrogen (secondary N) is 2. The van der Waals surface area contributed by atoms with Crippen LogP contribution < -0.4 is 15.6 Å². The summed E-state index contributed by atoms with van der Waals surface area (Å²) >= 11 is 0. The Kier molecular flexibility index (Phi) is 4.18. The van der Waals surface area contributed by atoms with Crippen LogP contribution in [0, 0.1) is 0 Å². The fourth-order valence-corrected chi connectivity index (χ4v) is 1.76. The Morgan fingerprint density at radius 1 is 1.32 bits per heavy atom. The van der Waals surface area contributed by atoms with Gasteiger partial charge in [-0.2, -0.15) is 0 Å². The van der Waals surface area contributed by atoms with Crippen molar-refractivity contribution in [1.82, 2.24) is 9.97 Å². The zero-order valence-corrected chi connectivity index (χ0v) is 11.1. The van der Waals surface area contributed by atoms with Crippen LogP contribution in [0.1, 0.15) is 19.0 Å². The minimum absolute atomic E-state index is 0.144. The van der Waals surface area contributed by atoms with Crippen molar-refractivity contribution in [1.29, 1.82) is 0 Å². The van der Waals surface area contributed by atoms with Crippen LogP contribution in [-0.2, 0) is 6.42 Å². The van der Waals surface area contributed by atoms with Crippen LogP contribution in [0.4, 0.5) is 11.6 Å². The van der Waals surface area contributed by atoms with E-state index in [4.69, 9.17) is 4.74 Å². The van der Waals surface area contributed by atoms with Gasteiger partial charge in [-0.1, -0.05) is 13.3 Å². The van der Waals surface area contributed by atoms with Gasteiger partial charge in [0.25, 0.3) is 5.56 Å². The summed E-state index contributed by atoms with van der Waals surface area (Å²) in [5, 5.41) is 3.07. The highest BCUT2D eigenvalue weighted by molar-refractivity contribution is 5.54. The predicted octanol–water partition coefficient (Wildman–Crippen LogP) is 2.47. The Morgan fingerprint density at radius 2 is 2.05 bits per heavy atom. The number of aromatic amines is 1. The van der Waals surface area contributed by atoms with E-state index in [1.807, 2.05) is 24.3 Å². The van der Waals surface area contributed by atoms with Gasteiger partial charge in [0.1, 0.15) is 5.75 Å². The molecule has 0 amide bonds. The standard InChI is InChI=1S/C14H17N3O2/c1-3-4-11-9-13(18)17-14(16-11)15-10-5-7-12(19-2)8-6-10/h5-9H,3-4H2,1-2H3,(H2,15,16,17,18). The summed E-state index contributed by atoms with van der Waals surface area (Å²) in [4.78, 5) is 18.6. The van der Waals surface area contributed by atoms with E-state index >= 15 is 0 Å². The molecule has 2 rings (SSSR count). The summed E-state index contributed by atoms with van der Waals surface area (Å²) in [6.07, 6.45) is 1.75. The molecule has 0 spiro atoms. The van der Waals surface area contributed by atoms with E-state index in [-0.39, 0.29) is 5.56 Å². The average molecular weight is 259 g/mol. The molecule has 2 N–H and O–H groups in total. The van der Waals surface area contributed by atoms with E-state index < -0.39 is 0 Å². The van der Waals surface area contributed by atoms with Gasteiger partial charge in [0.2, 0.25) is 5.95 Å². The van der Waals surface area contributed by atoms with Gasteiger partial charge in [-0.15, -0.1) is 0 Å². The van der Waals surface area contributed by atoms with Crippen LogP contribution in [0.2, 0.25) is 0 Å². The lowest BCUT2D eigenvalue weighted by Gasteiger charge is -2.07. The maximum Gasteiger partial charge on any atom is 0.252 e. The van der Waals surface area contributed by atoms with Crippen LogP contribution in [0.25, 0.3) is 0 Å². The quantitative estimate of drug-likeness (QED) is 0.865. The molecule has 5 heteroatoms. The van der Waals surface area contributed by atoms with Gasteiger partial charge in [-0.3, -0.25) is 9.78 Å². The molecule has 0 saturated carbocycles. The summed E-state index contributed by atoms with van der Waals surface area (Å²) in [5.74, 6) is 1.24. The van der Waals surface area contributed by atoms with Gasteiger partial charge < -0.3 is 10.1 Å². The molecule has 0 fully saturated rings. The Morgan fingerprint density at radius 3 is 2.68 bits per heavy atom. The number of hydrogen-bond acceptors (Lipinski definition) is 4. The third-order valence-corrected chi connectivity index (χ3v) is 2.65. The van der Waals surface area contributed by atoms with E-state index in [2.05, 4.69) is 22.2 Å². The number of hydrogen-bond donors (Lipinski definition) is 2. The van der Waals surface area contributed by atoms with Crippen LogP contribution in [0.3, 0.4) is 0 Å². The lowest BCUT2D eigenvalue weighted by atomic mass is 10.2. The summed E-state index contributed by atoms with van der Waals surface area (Å²) < 4.78 is 5.09. The number of anilines is 2. The van der Waals surface area contributed by atoms with Gasteiger partial charge in [0, 0.05) is 17.4 Å². The molecule has 0 aliphatic rings. The van der Waals surface area contributed by atoms with Gasteiger partial charge in [-0.05, 0) is 30.7 Å². The summed E-state index contributed by atoms with van der Waals surface area (Å²) in [5.41, 5.74) is 1.49. The molecule has 0 radical (unpaired) electrons. The first-order chi connectivity index (χ1) is 9.21. The zero-order valence-electron chi connectivity index (χ0n) is 11.1. The lowest BCUT2D eigenvalue weighted by molar-refractivity contribution is 0.415. The Labute approximate surface area is 111 Å². The highest BCUT2D eigenvalue weighted by Crippen LogP contribution is 2.17. The monoisotopic (exact) mass is 259 g/mol. The second-order valence-electron chi connectivity index (χ2n) is 4.19.